The van der Waals surface area contributed by atoms with Gasteiger partial charge in [0.05, 0.1) is 12.1 Å². The molecule has 1 aromatic heterocycles. The number of aliphatic carboxylic acids is 1. The first-order valence-corrected chi connectivity index (χ1v) is 6.92. The number of aromatic nitrogens is 2. The number of aromatic hydroxyl groups is 1. The lowest BCUT2D eigenvalue weighted by Crippen LogP contribution is -2.23. The zero-order valence-electron chi connectivity index (χ0n) is 12.8. The van der Waals surface area contributed by atoms with E-state index in [1.54, 1.807) is 0 Å². The Kier molecular flexibility index (Phi) is 4.30. The number of carboxylic acids is 1. The summed E-state index contributed by atoms with van der Waals surface area (Å²) in [5.41, 5.74) is 3.26. The average Bonchev–Trinajstić information content (AvgIpc) is 2.38. The lowest BCUT2D eigenvalue weighted by Gasteiger charge is -2.14. The second kappa shape index (κ2) is 6.01. The van der Waals surface area contributed by atoms with Crippen molar-refractivity contribution in [1.29, 1.82) is 0 Å². The van der Waals surface area contributed by atoms with E-state index in [2.05, 4.69) is 5.10 Å². The highest BCUT2D eigenvalue weighted by atomic mass is 16.4. The molecule has 0 spiro atoms. The Bertz CT molecular complexity index is 770. The van der Waals surface area contributed by atoms with Gasteiger partial charge >= 0.3 is 5.97 Å². The maximum atomic E-state index is 12.1. The Labute approximate surface area is 127 Å². The SMILES string of the molecule is Cc1cc(C)c(-n2nc(CCC(=O)O)c(O)cc2=O)c(C)c1. The topological polar surface area (TPSA) is 92.4 Å². The lowest BCUT2D eigenvalue weighted by molar-refractivity contribution is -0.136. The molecule has 2 rings (SSSR count). The van der Waals surface area contributed by atoms with E-state index in [4.69, 9.17) is 5.11 Å². The molecule has 0 saturated heterocycles. The third-order valence-corrected chi connectivity index (χ3v) is 3.41. The molecule has 0 saturated carbocycles. The lowest BCUT2D eigenvalue weighted by atomic mass is 10.1. The fraction of sp³-hybridized carbons (Fsp3) is 0.312. The van der Waals surface area contributed by atoms with Crippen molar-refractivity contribution in [3.8, 4) is 11.4 Å². The van der Waals surface area contributed by atoms with E-state index in [9.17, 15) is 14.7 Å². The molecular weight excluding hydrogens is 284 g/mol. The summed E-state index contributed by atoms with van der Waals surface area (Å²) >= 11 is 0. The number of benzene rings is 1. The van der Waals surface area contributed by atoms with Gasteiger partial charge in [0.15, 0.2) is 0 Å². The van der Waals surface area contributed by atoms with Gasteiger partial charge in [-0.2, -0.15) is 9.78 Å². The maximum Gasteiger partial charge on any atom is 0.303 e. The Morgan fingerprint density at radius 2 is 1.77 bits per heavy atom. The van der Waals surface area contributed by atoms with Gasteiger partial charge in [0.2, 0.25) is 0 Å². The van der Waals surface area contributed by atoms with Crippen LogP contribution in [0.4, 0.5) is 0 Å². The Balaban J connectivity index is 2.59. The quantitative estimate of drug-likeness (QED) is 0.899. The molecule has 0 bridgehead atoms. The predicted octanol–water partition coefficient (Wildman–Crippen LogP) is 1.88. The zero-order chi connectivity index (χ0) is 16.4. The van der Waals surface area contributed by atoms with Crippen molar-refractivity contribution in [2.75, 3.05) is 0 Å². The molecule has 22 heavy (non-hydrogen) atoms. The normalized spacial score (nSPS) is 10.7. The minimum atomic E-state index is -0.985. The molecule has 6 nitrogen and oxygen atoms in total. The first kappa shape index (κ1) is 15.8. The van der Waals surface area contributed by atoms with Crippen LogP contribution in [0.3, 0.4) is 0 Å². The van der Waals surface area contributed by atoms with Crippen molar-refractivity contribution in [2.24, 2.45) is 0 Å². The molecule has 0 aliphatic heterocycles. The first-order chi connectivity index (χ1) is 10.3. The number of carboxylic acid groups (broad SMARTS) is 1. The second-order valence-corrected chi connectivity index (χ2v) is 5.37. The van der Waals surface area contributed by atoms with Gasteiger partial charge in [0, 0.05) is 12.5 Å². The number of carbonyl (C=O) groups is 1. The summed E-state index contributed by atoms with van der Waals surface area (Å²) in [6.45, 7) is 5.73. The van der Waals surface area contributed by atoms with Crippen molar-refractivity contribution < 1.29 is 15.0 Å². The Morgan fingerprint density at radius 3 is 2.32 bits per heavy atom. The van der Waals surface area contributed by atoms with Crippen LogP contribution >= 0.6 is 0 Å². The summed E-state index contributed by atoms with van der Waals surface area (Å²) in [6.07, 6.45) is -0.101. The van der Waals surface area contributed by atoms with Gasteiger partial charge in [-0.15, -0.1) is 0 Å². The van der Waals surface area contributed by atoms with Crippen molar-refractivity contribution in [3.05, 3.63) is 50.9 Å². The van der Waals surface area contributed by atoms with Crippen LogP contribution in [-0.2, 0) is 11.2 Å². The molecule has 0 radical (unpaired) electrons. The zero-order valence-corrected chi connectivity index (χ0v) is 12.8. The molecule has 1 aromatic carbocycles. The van der Waals surface area contributed by atoms with E-state index in [1.807, 2.05) is 32.9 Å². The van der Waals surface area contributed by atoms with Crippen LogP contribution in [0.1, 0.15) is 28.8 Å². The van der Waals surface area contributed by atoms with Gasteiger partial charge in [-0.05, 0) is 31.9 Å². The Hall–Kier alpha value is -2.63. The Morgan fingerprint density at radius 1 is 1.18 bits per heavy atom. The number of hydrogen-bond acceptors (Lipinski definition) is 4. The van der Waals surface area contributed by atoms with E-state index < -0.39 is 11.5 Å². The highest BCUT2D eigenvalue weighted by molar-refractivity contribution is 5.67. The van der Waals surface area contributed by atoms with Gasteiger partial charge in [-0.1, -0.05) is 17.7 Å². The van der Waals surface area contributed by atoms with Crippen LogP contribution in [-0.4, -0.2) is 26.0 Å². The third kappa shape index (κ3) is 3.16. The summed E-state index contributed by atoms with van der Waals surface area (Å²) in [6, 6.07) is 4.96. The number of rotatable bonds is 4. The summed E-state index contributed by atoms with van der Waals surface area (Å²) < 4.78 is 1.22. The van der Waals surface area contributed by atoms with Gasteiger partial charge in [-0.3, -0.25) is 9.59 Å². The smallest absolute Gasteiger partial charge is 0.303 e. The van der Waals surface area contributed by atoms with Crippen molar-refractivity contribution >= 4 is 5.97 Å². The highest BCUT2D eigenvalue weighted by Crippen LogP contribution is 2.21. The van der Waals surface area contributed by atoms with E-state index in [-0.39, 0.29) is 24.3 Å². The number of nitrogens with zero attached hydrogens (tertiary/aromatic N) is 2. The highest BCUT2D eigenvalue weighted by Gasteiger charge is 2.14. The molecule has 0 fully saturated rings. The standard InChI is InChI=1S/C16H18N2O4/c1-9-6-10(2)16(11(3)7-9)18-14(20)8-13(19)12(17-18)4-5-15(21)22/h6-8,19H,4-5H2,1-3H3,(H,21,22). The second-order valence-electron chi connectivity index (χ2n) is 5.37. The summed E-state index contributed by atoms with van der Waals surface area (Å²) in [7, 11) is 0. The molecule has 2 N–H and O–H groups in total. The van der Waals surface area contributed by atoms with Gasteiger partial charge in [0.1, 0.15) is 11.4 Å². The van der Waals surface area contributed by atoms with Crippen molar-refractivity contribution in [2.45, 2.75) is 33.6 Å². The minimum absolute atomic E-state index is 0.0609. The maximum absolute atomic E-state index is 12.1. The van der Waals surface area contributed by atoms with Crippen LogP contribution in [0.15, 0.2) is 23.0 Å². The van der Waals surface area contributed by atoms with Gasteiger partial charge in [-0.25, -0.2) is 0 Å². The molecule has 0 aliphatic rings. The van der Waals surface area contributed by atoms with Crippen molar-refractivity contribution in [1.82, 2.24) is 9.78 Å². The number of hydrogen-bond donors (Lipinski definition) is 2. The molecule has 6 heteroatoms. The molecule has 0 unspecified atom stereocenters. The van der Waals surface area contributed by atoms with Crippen LogP contribution in [0.2, 0.25) is 0 Å². The molecule has 1 heterocycles. The van der Waals surface area contributed by atoms with E-state index >= 15 is 0 Å². The summed E-state index contributed by atoms with van der Waals surface area (Å²) in [5.74, 6) is -1.26. The van der Waals surface area contributed by atoms with E-state index in [0.717, 1.165) is 22.8 Å². The average molecular weight is 302 g/mol. The van der Waals surface area contributed by atoms with Crippen LogP contribution in [0.25, 0.3) is 5.69 Å². The fourth-order valence-corrected chi connectivity index (χ4v) is 2.55. The number of aryl methyl sites for hydroxylation is 4. The first-order valence-electron chi connectivity index (χ1n) is 6.92. The van der Waals surface area contributed by atoms with Crippen LogP contribution in [0.5, 0.6) is 5.75 Å². The molecule has 0 aliphatic carbocycles. The van der Waals surface area contributed by atoms with E-state index in [1.165, 1.54) is 4.68 Å². The monoisotopic (exact) mass is 302 g/mol. The molecule has 0 atom stereocenters. The molecular formula is C16H18N2O4. The summed E-state index contributed by atoms with van der Waals surface area (Å²) in [4.78, 5) is 22.8. The molecule has 0 amide bonds. The largest absolute Gasteiger partial charge is 0.506 e. The fourth-order valence-electron chi connectivity index (χ4n) is 2.55. The van der Waals surface area contributed by atoms with Gasteiger partial charge in [0.25, 0.3) is 5.56 Å². The molecule has 116 valence electrons. The molecule has 2 aromatic rings. The summed E-state index contributed by atoms with van der Waals surface area (Å²) in [5, 5.41) is 22.7. The predicted molar refractivity (Wildman–Crippen MR) is 81.7 cm³/mol. The van der Waals surface area contributed by atoms with Gasteiger partial charge < -0.3 is 10.2 Å². The third-order valence-electron chi connectivity index (χ3n) is 3.41. The van der Waals surface area contributed by atoms with E-state index in [0.29, 0.717) is 5.69 Å². The van der Waals surface area contributed by atoms with Crippen LogP contribution in [0, 0.1) is 20.8 Å². The van der Waals surface area contributed by atoms with Crippen LogP contribution < -0.4 is 5.56 Å². The minimum Gasteiger partial charge on any atom is -0.506 e. The van der Waals surface area contributed by atoms with Crippen molar-refractivity contribution in [3.63, 3.8) is 0 Å².